The van der Waals surface area contributed by atoms with Gasteiger partial charge in [0, 0.05) is 23.7 Å². The van der Waals surface area contributed by atoms with Crippen molar-refractivity contribution in [2.24, 2.45) is 0 Å². The number of amides is 2. The SMILES string of the molecule is CC(C)(C)NS(=O)(=O)c1ccccc1-c1ccc(NC(=O)c2cc(C(F)(F)F)nn2-c2ccccc2CNC(=O)OC(C)(C)C)c(F)c1. The number of halogens is 4. The van der Waals surface area contributed by atoms with Gasteiger partial charge in [-0.1, -0.05) is 42.5 Å². The first kappa shape index (κ1) is 36.1. The normalized spacial score (nSPS) is 12.5. The summed E-state index contributed by atoms with van der Waals surface area (Å²) >= 11 is 0. The number of nitrogens with zero attached hydrogens (tertiary/aromatic N) is 2. The van der Waals surface area contributed by atoms with Gasteiger partial charge in [0.15, 0.2) is 5.69 Å². The zero-order valence-corrected chi connectivity index (χ0v) is 27.8. The molecule has 4 aromatic rings. The molecule has 0 aliphatic rings. The van der Waals surface area contributed by atoms with Gasteiger partial charge in [-0.3, -0.25) is 4.79 Å². The monoisotopic (exact) mass is 689 g/mol. The second-order valence-corrected chi connectivity index (χ2v) is 14.5. The molecule has 0 aliphatic heterocycles. The molecule has 48 heavy (non-hydrogen) atoms. The lowest BCUT2D eigenvalue weighted by molar-refractivity contribution is -0.141. The number of carbonyl (C=O) groups excluding carboxylic acids is 2. The minimum Gasteiger partial charge on any atom is -0.444 e. The van der Waals surface area contributed by atoms with Crippen molar-refractivity contribution in [2.45, 2.75) is 70.3 Å². The van der Waals surface area contributed by atoms with Gasteiger partial charge in [-0.25, -0.2) is 27.0 Å². The highest BCUT2D eigenvalue weighted by Gasteiger charge is 2.36. The predicted molar refractivity (Wildman–Crippen MR) is 172 cm³/mol. The van der Waals surface area contributed by atoms with Crippen LogP contribution in [0.5, 0.6) is 0 Å². The highest BCUT2D eigenvalue weighted by atomic mass is 32.2. The van der Waals surface area contributed by atoms with Crippen molar-refractivity contribution >= 4 is 27.7 Å². The highest BCUT2D eigenvalue weighted by molar-refractivity contribution is 7.89. The van der Waals surface area contributed by atoms with E-state index >= 15 is 4.39 Å². The summed E-state index contributed by atoms with van der Waals surface area (Å²) in [6.45, 7) is 9.85. The van der Waals surface area contributed by atoms with Gasteiger partial charge in [0.05, 0.1) is 16.3 Å². The number of anilines is 1. The van der Waals surface area contributed by atoms with Gasteiger partial charge in [0.1, 0.15) is 17.1 Å². The van der Waals surface area contributed by atoms with Crippen LogP contribution in [0.1, 0.15) is 63.3 Å². The van der Waals surface area contributed by atoms with Gasteiger partial charge in [-0.05, 0) is 76.9 Å². The molecule has 256 valence electrons. The molecule has 0 bridgehead atoms. The van der Waals surface area contributed by atoms with E-state index in [0.717, 1.165) is 10.7 Å². The molecule has 0 atom stereocenters. The molecule has 4 rings (SSSR count). The summed E-state index contributed by atoms with van der Waals surface area (Å²) in [5.74, 6) is -2.09. The summed E-state index contributed by atoms with van der Waals surface area (Å²) in [5, 5.41) is 8.44. The number of hydrogen-bond acceptors (Lipinski definition) is 6. The average Bonchev–Trinajstić information content (AvgIpc) is 3.42. The Kier molecular flexibility index (Phi) is 10.1. The third kappa shape index (κ3) is 8.98. The van der Waals surface area contributed by atoms with Gasteiger partial charge in [-0.2, -0.15) is 18.3 Å². The smallest absolute Gasteiger partial charge is 0.435 e. The van der Waals surface area contributed by atoms with Crippen molar-refractivity contribution in [1.29, 1.82) is 0 Å². The first-order chi connectivity index (χ1) is 22.1. The number of nitrogens with one attached hydrogen (secondary N) is 3. The number of alkyl carbamates (subject to hydrolysis) is 1. The number of para-hydroxylation sites is 1. The van der Waals surface area contributed by atoms with Gasteiger partial charge in [0.25, 0.3) is 5.91 Å². The van der Waals surface area contributed by atoms with E-state index in [2.05, 4.69) is 20.5 Å². The van der Waals surface area contributed by atoms with Crippen LogP contribution in [0.15, 0.2) is 77.7 Å². The molecule has 0 fully saturated rings. The molecule has 10 nitrogen and oxygen atoms in total. The van der Waals surface area contributed by atoms with Crippen LogP contribution in [-0.4, -0.2) is 41.3 Å². The van der Waals surface area contributed by atoms with Crippen molar-refractivity contribution in [3.63, 3.8) is 0 Å². The molecule has 15 heteroatoms. The molecular weight excluding hydrogens is 654 g/mol. The van der Waals surface area contributed by atoms with E-state index in [1.807, 2.05) is 0 Å². The topological polar surface area (TPSA) is 131 Å². The predicted octanol–water partition coefficient (Wildman–Crippen LogP) is 7.05. The lowest BCUT2D eigenvalue weighted by atomic mass is 10.0. The number of aromatic nitrogens is 2. The number of sulfonamides is 1. The summed E-state index contributed by atoms with van der Waals surface area (Å²) in [5.41, 5.74) is -3.19. The maximum Gasteiger partial charge on any atom is 0.435 e. The van der Waals surface area contributed by atoms with E-state index in [1.165, 1.54) is 48.5 Å². The van der Waals surface area contributed by atoms with E-state index in [1.54, 1.807) is 53.7 Å². The van der Waals surface area contributed by atoms with E-state index < -0.39 is 56.5 Å². The second kappa shape index (κ2) is 13.4. The van der Waals surface area contributed by atoms with Crippen molar-refractivity contribution < 1.29 is 40.3 Å². The third-order valence-corrected chi connectivity index (χ3v) is 8.24. The van der Waals surface area contributed by atoms with Crippen LogP contribution in [0.3, 0.4) is 0 Å². The molecule has 0 saturated carbocycles. The summed E-state index contributed by atoms with van der Waals surface area (Å²) < 4.78 is 91.5. The number of rotatable bonds is 8. The molecule has 1 aromatic heterocycles. The zero-order valence-electron chi connectivity index (χ0n) is 27.0. The minimum atomic E-state index is -4.92. The van der Waals surface area contributed by atoms with Gasteiger partial charge in [-0.15, -0.1) is 0 Å². The molecule has 0 radical (unpaired) electrons. The largest absolute Gasteiger partial charge is 0.444 e. The lowest BCUT2D eigenvalue weighted by Crippen LogP contribution is -2.40. The average molecular weight is 690 g/mol. The summed E-state index contributed by atoms with van der Waals surface area (Å²) in [6.07, 6.45) is -5.69. The number of carbonyl (C=O) groups is 2. The maximum absolute atomic E-state index is 15.5. The van der Waals surface area contributed by atoms with Gasteiger partial charge < -0.3 is 15.4 Å². The first-order valence-electron chi connectivity index (χ1n) is 14.6. The minimum absolute atomic E-state index is 0.0479. The second-order valence-electron chi connectivity index (χ2n) is 12.8. The third-order valence-electron chi connectivity index (χ3n) is 6.42. The Morgan fingerprint density at radius 3 is 2.17 bits per heavy atom. The maximum atomic E-state index is 15.5. The molecule has 1 heterocycles. The molecular formula is C33H35F4N5O5S. The Hall–Kier alpha value is -4.76. The standard InChI is InChI=1S/C33H35F4N5O5S/c1-31(2,3)41-48(45,46)27-14-10-8-12-22(27)20-15-16-24(23(34)17-20)39-29(43)26-18-28(33(35,36)37)40-42(26)25-13-9-7-11-21(25)19-38-30(44)47-32(4,5)6/h7-18,41H,19H2,1-6H3,(H,38,44)(H,39,43). The molecule has 0 saturated heterocycles. The van der Waals surface area contributed by atoms with Gasteiger partial charge in [0.2, 0.25) is 10.0 Å². The molecule has 2 amide bonds. The Balaban J connectivity index is 1.67. The fourth-order valence-electron chi connectivity index (χ4n) is 4.58. The Morgan fingerprint density at radius 1 is 0.896 bits per heavy atom. The summed E-state index contributed by atoms with van der Waals surface area (Å²) in [6, 6.07) is 16.1. The van der Waals surface area contributed by atoms with E-state index in [-0.39, 0.29) is 33.9 Å². The van der Waals surface area contributed by atoms with Crippen LogP contribution in [0.4, 0.5) is 28.0 Å². The Labute approximate surface area is 275 Å². The number of benzene rings is 3. The molecule has 3 aromatic carbocycles. The van der Waals surface area contributed by atoms with Crippen LogP contribution < -0.4 is 15.4 Å². The summed E-state index contributed by atoms with van der Waals surface area (Å²) in [7, 11) is -4.01. The van der Waals surface area contributed by atoms with E-state index in [4.69, 9.17) is 4.74 Å². The van der Waals surface area contributed by atoms with E-state index in [9.17, 15) is 31.2 Å². The van der Waals surface area contributed by atoms with E-state index in [0.29, 0.717) is 11.6 Å². The van der Waals surface area contributed by atoms with Crippen molar-refractivity contribution in [1.82, 2.24) is 19.8 Å². The number of ether oxygens (including phenoxy) is 1. The first-order valence-corrected chi connectivity index (χ1v) is 16.1. The van der Waals surface area contributed by atoms with Crippen LogP contribution in [-0.2, 0) is 27.5 Å². The quantitative estimate of drug-likeness (QED) is 0.170. The number of hydrogen-bond donors (Lipinski definition) is 3. The van der Waals surface area contributed by atoms with Crippen molar-refractivity contribution in [2.75, 3.05) is 5.32 Å². The van der Waals surface area contributed by atoms with Crippen LogP contribution >= 0.6 is 0 Å². The fourth-order valence-corrected chi connectivity index (χ4v) is 6.23. The number of alkyl halides is 3. The van der Waals surface area contributed by atoms with Crippen molar-refractivity contribution in [3.8, 4) is 16.8 Å². The molecule has 3 N–H and O–H groups in total. The fraction of sp³-hybridized carbons (Fsp3) is 0.303. The lowest BCUT2D eigenvalue weighted by Gasteiger charge is -2.21. The van der Waals surface area contributed by atoms with Crippen molar-refractivity contribution in [3.05, 3.63) is 95.6 Å². The molecule has 0 unspecified atom stereocenters. The van der Waals surface area contributed by atoms with Crippen LogP contribution in [0.2, 0.25) is 0 Å². The Bertz CT molecular complexity index is 1940. The molecule has 0 spiro atoms. The van der Waals surface area contributed by atoms with Crippen LogP contribution in [0, 0.1) is 5.82 Å². The summed E-state index contributed by atoms with van der Waals surface area (Å²) in [4.78, 5) is 25.6. The van der Waals surface area contributed by atoms with Crippen LogP contribution in [0.25, 0.3) is 16.8 Å². The zero-order chi connectivity index (χ0) is 35.7. The van der Waals surface area contributed by atoms with Gasteiger partial charge >= 0.3 is 12.3 Å². The Morgan fingerprint density at radius 2 is 1.54 bits per heavy atom. The molecule has 0 aliphatic carbocycles. The highest BCUT2D eigenvalue weighted by Crippen LogP contribution is 2.33.